The minimum absolute atomic E-state index is 0.353. The van der Waals surface area contributed by atoms with Crippen LogP contribution < -0.4 is 5.73 Å². The molecule has 4 nitrogen and oxygen atoms in total. The molecule has 2 rings (SSSR count). The van der Waals surface area contributed by atoms with Gasteiger partial charge in [0.15, 0.2) is 6.29 Å². The van der Waals surface area contributed by atoms with Crippen LogP contribution in [0.15, 0.2) is 24.3 Å². The molecular formula is C10H11NO3. The molecule has 0 atom stereocenters. The molecule has 14 heavy (non-hydrogen) atoms. The van der Waals surface area contributed by atoms with Gasteiger partial charge in [-0.25, -0.2) is 0 Å². The summed E-state index contributed by atoms with van der Waals surface area (Å²) in [6, 6.07) is 6.97. The lowest BCUT2D eigenvalue weighted by Gasteiger charge is -2.09. The van der Waals surface area contributed by atoms with Gasteiger partial charge in [0.25, 0.3) is 0 Å². The Balaban J connectivity index is 2.25. The number of rotatable bonds is 2. The second kappa shape index (κ2) is 3.77. The van der Waals surface area contributed by atoms with Gasteiger partial charge in [-0.2, -0.15) is 0 Å². The van der Waals surface area contributed by atoms with E-state index in [2.05, 4.69) is 0 Å². The van der Waals surface area contributed by atoms with Gasteiger partial charge in [-0.3, -0.25) is 4.79 Å². The van der Waals surface area contributed by atoms with E-state index in [0.29, 0.717) is 18.8 Å². The molecule has 0 aromatic heterocycles. The van der Waals surface area contributed by atoms with E-state index in [1.807, 2.05) is 6.07 Å². The first-order valence-corrected chi connectivity index (χ1v) is 4.40. The number of nitrogens with two attached hydrogens (primary N) is 1. The summed E-state index contributed by atoms with van der Waals surface area (Å²) >= 11 is 0. The lowest BCUT2D eigenvalue weighted by molar-refractivity contribution is -0.0441. The lowest BCUT2D eigenvalue weighted by atomic mass is 10.1. The summed E-state index contributed by atoms with van der Waals surface area (Å²) in [7, 11) is 0. The van der Waals surface area contributed by atoms with Crippen molar-refractivity contribution >= 4 is 5.91 Å². The predicted octanol–water partition coefficient (Wildman–Crippen LogP) is 0.831. The molecule has 1 heterocycles. The fraction of sp³-hybridized carbons (Fsp3) is 0.300. The summed E-state index contributed by atoms with van der Waals surface area (Å²) in [5.74, 6) is -0.440. The quantitative estimate of drug-likeness (QED) is 0.756. The zero-order valence-electron chi connectivity index (χ0n) is 7.60. The fourth-order valence-electron chi connectivity index (χ4n) is 1.39. The van der Waals surface area contributed by atoms with E-state index in [0.717, 1.165) is 5.56 Å². The number of hydrogen-bond acceptors (Lipinski definition) is 3. The van der Waals surface area contributed by atoms with Crippen molar-refractivity contribution in [2.75, 3.05) is 13.2 Å². The molecule has 1 aromatic rings. The molecule has 1 saturated heterocycles. The maximum atomic E-state index is 10.9. The second-order valence-corrected chi connectivity index (χ2v) is 3.06. The van der Waals surface area contributed by atoms with Crippen molar-refractivity contribution in [3.63, 3.8) is 0 Å². The molecule has 0 radical (unpaired) electrons. The van der Waals surface area contributed by atoms with Gasteiger partial charge in [0.2, 0.25) is 5.91 Å². The first-order chi connectivity index (χ1) is 6.77. The molecule has 0 unspecified atom stereocenters. The molecule has 74 valence electrons. The van der Waals surface area contributed by atoms with Crippen LogP contribution in [0.5, 0.6) is 0 Å². The third kappa shape index (κ3) is 1.76. The average Bonchev–Trinajstić information content (AvgIpc) is 2.71. The molecule has 0 bridgehead atoms. The lowest BCUT2D eigenvalue weighted by Crippen LogP contribution is -2.11. The van der Waals surface area contributed by atoms with Crippen LogP contribution in [0.1, 0.15) is 22.2 Å². The van der Waals surface area contributed by atoms with Crippen LogP contribution in [0.3, 0.4) is 0 Å². The minimum Gasteiger partial charge on any atom is -0.366 e. The average molecular weight is 193 g/mol. The third-order valence-electron chi connectivity index (χ3n) is 2.07. The molecular weight excluding hydrogens is 182 g/mol. The Morgan fingerprint density at radius 1 is 1.36 bits per heavy atom. The van der Waals surface area contributed by atoms with E-state index in [1.165, 1.54) is 0 Å². The van der Waals surface area contributed by atoms with Crippen LogP contribution >= 0.6 is 0 Å². The number of carbonyl (C=O) groups excluding carboxylic acids is 1. The molecule has 0 aliphatic carbocycles. The number of carbonyl (C=O) groups is 1. The number of ether oxygens (including phenoxy) is 2. The van der Waals surface area contributed by atoms with E-state index < -0.39 is 5.91 Å². The van der Waals surface area contributed by atoms with Crippen LogP contribution in [0.2, 0.25) is 0 Å². The van der Waals surface area contributed by atoms with Crippen molar-refractivity contribution in [1.82, 2.24) is 0 Å². The molecule has 1 aliphatic rings. The zero-order chi connectivity index (χ0) is 9.97. The van der Waals surface area contributed by atoms with Crippen LogP contribution in [0, 0.1) is 0 Å². The van der Waals surface area contributed by atoms with Crippen molar-refractivity contribution in [2.24, 2.45) is 5.73 Å². The molecule has 1 aromatic carbocycles. The topological polar surface area (TPSA) is 61.6 Å². The first-order valence-electron chi connectivity index (χ1n) is 4.40. The minimum atomic E-state index is -0.440. The molecule has 1 amide bonds. The highest BCUT2D eigenvalue weighted by Crippen LogP contribution is 2.23. The maximum absolute atomic E-state index is 10.9. The Labute approximate surface area is 81.6 Å². The summed E-state index contributed by atoms with van der Waals surface area (Å²) in [5, 5.41) is 0. The Morgan fingerprint density at radius 2 is 2.07 bits per heavy atom. The van der Waals surface area contributed by atoms with Crippen molar-refractivity contribution < 1.29 is 14.3 Å². The monoisotopic (exact) mass is 193 g/mol. The molecule has 0 spiro atoms. The van der Waals surface area contributed by atoms with Gasteiger partial charge in [-0.15, -0.1) is 0 Å². The van der Waals surface area contributed by atoms with Gasteiger partial charge in [-0.1, -0.05) is 12.1 Å². The van der Waals surface area contributed by atoms with Crippen LogP contribution in [-0.2, 0) is 9.47 Å². The van der Waals surface area contributed by atoms with Crippen molar-refractivity contribution in [3.05, 3.63) is 35.4 Å². The predicted molar refractivity (Wildman–Crippen MR) is 49.6 cm³/mol. The summed E-state index contributed by atoms with van der Waals surface area (Å²) in [6.07, 6.45) is -0.353. The number of amides is 1. The van der Waals surface area contributed by atoms with Crippen molar-refractivity contribution in [3.8, 4) is 0 Å². The zero-order valence-corrected chi connectivity index (χ0v) is 7.60. The highest BCUT2D eigenvalue weighted by atomic mass is 16.7. The highest BCUT2D eigenvalue weighted by Gasteiger charge is 2.18. The second-order valence-electron chi connectivity index (χ2n) is 3.06. The SMILES string of the molecule is NC(=O)c1cccc(C2OCCO2)c1. The molecule has 2 N–H and O–H groups in total. The molecule has 1 aliphatic heterocycles. The molecule has 4 heteroatoms. The van der Waals surface area contributed by atoms with Crippen LogP contribution in [0.4, 0.5) is 0 Å². The van der Waals surface area contributed by atoms with Gasteiger partial charge in [0.05, 0.1) is 13.2 Å². The van der Waals surface area contributed by atoms with Crippen LogP contribution in [-0.4, -0.2) is 19.1 Å². The Morgan fingerprint density at radius 3 is 2.71 bits per heavy atom. The fourth-order valence-corrected chi connectivity index (χ4v) is 1.39. The number of benzene rings is 1. The molecule has 0 saturated carbocycles. The van der Waals surface area contributed by atoms with Gasteiger partial charge >= 0.3 is 0 Å². The van der Waals surface area contributed by atoms with E-state index >= 15 is 0 Å². The highest BCUT2D eigenvalue weighted by molar-refractivity contribution is 5.92. The molecule has 1 fully saturated rings. The van der Waals surface area contributed by atoms with Gasteiger partial charge in [0.1, 0.15) is 0 Å². The van der Waals surface area contributed by atoms with E-state index in [4.69, 9.17) is 15.2 Å². The first kappa shape index (κ1) is 9.18. The standard InChI is InChI=1S/C10H11NO3/c11-9(12)7-2-1-3-8(6-7)10-13-4-5-14-10/h1-3,6,10H,4-5H2,(H2,11,12). The van der Waals surface area contributed by atoms with Gasteiger partial charge in [-0.05, 0) is 12.1 Å². The Bertz CT molecular complexity index is 345. The number of primary amides is 1. The largest absolute Gasteiger partial charge is 0.366 e. The van der Waals surface area contributed by atoms with Gasteiger partial charge in [0, 0.05) is 11.1 Å². The maximum Gasteiger partial charge on any atom is 0.248 e. The number of hydrogen-bond donors (Lipinski definition) is 1. The Kier molecular flexibility index (Phi) is 2.47. The summed E-state index contributed by atoms with van der Waals surface area (Å²) in [5.41, 5.74) is 6.47. The van der Waals surface area contributed by atoms with Crippen LogP contribution in [0.25, 0.3) is 0 Å². The van der Waals surface area contributed by atoms with Crippen molar-refractivity contribution in [2.45, 2.75) is 6.29 Å². The summed E-state index contributed by atoms with van der Waals surface area (Å²) < 4.78 is 10.6. The summed E-state index contributed by atoms with van der Waals surface area (Å²) in [4.78, 5) is 10.9. The smallest absolute Gasteiger partial charge is 0.248 e. The van der Waals surface area contributed by atoms with E-state index in [1.54, 1.807) is 18.2 Å². The summed E-state index contributed by atoms with van der Waals surface area (Å²) in [6.45, 7) is 1.18. The van der Waals surface area contributed by atoms with Crippen molar-refractivity contribution in [1.29, 1.82) is 0 Å². The van der Waals surface area contributed by atoms with Gasteiger partial charge < -0.3 is 15.2 Å². The third-order valence-corrected chi connectivity index (χ3v) is 2.07. The Hall–Kier alpha value is -1.39. The van der Waals surface area contributed by atoms with E-state index in [9.17, 15) is 4.79 Å². The van der Waals surface area contributed by atoms with E-state index in [-0.39, 0.29) is 6.29 Å². The normalized spacial score (nSPS) is 17.1.